The molecule has 0 aliphatic heterocycles. The molecule has 1 atom stereocenters. The zero-order chi connectivity index (χ0) is 16.4. The second kappa shape index (κ2) is 6.74. The highest BCUT2D eigenvalue weighted by Gasteiger charge is 2.18. The lowest BCUT2D eigenvalue weighted by Crippen LogP contribution is -2.11. The molecule has 3 rings (SSSR count). The number of para-hydroxylation sites is 1. The molecule has 0 aliphatic rings. The van der Waals surface area contributed by atoms with Crippen LogP contribution in [0.1, 0.15) is 18.9 Å². The average molecular weight is 366 g/mol. The predicted octanol–water partition coefficient (Wildman–Crippen LogP) is 5.38. The van der Waals surface area contributed by atoms with E-state index in [0.29, 0.717) is 26.4 Å². The van der Waals surface area contributed by atoms with Crippen molar-refractivity contribution in [2.75, 3.05) is 0 Å². The van der Waals surface area contributed by atoms with E-state index in [4.69, 9.17) is 40.2 Å². The molecular weight excluding hydrogens is 353 g/mol. The zero-order valence-electron chi connectivity index (χ0n) is 12.2. The van der Waals surface area contributed by atoms with E-state index < -0.39 is 0 Å². The third kappa shape index (κ3) is 3.42. The van der Waals surface area contributed by atoms with Crippen LogP contribution in [0.3, 0.4) is 0 Å². The molecule has 0 saturated heterocycles. The van der Waals surface area contributed by atoms with Crippen LogP contribution in [-0.4, -0.2) is 14.8 Å². The summed E-state index contributed by atoms with van der Waals surface area (Å²) in [7, 11) is 0. The van der Waals surface area contributed by atoms with Gasteiger partial charge in [-0.1, -0.05) is 41.4 Å². The molecule has 3 aromatic rings. The lowest BCUT2D eigenvalue weighted by molar-refractivity contribution is 0.214. The third-order valence-corrected chi connectivity index (χ3v) is 4.08. The van der Waals surface area contributed by atoms with Gasteiger partial charge in [-0.2, -0.15) is 5.10 Å². The minimum Gasteiger partial charge on any atom is -0.481 e. The highest BCUT2D eigenvalue weighted by Crippen LogP contribution is 2.31. The summed E-state index contributed by atoms with van der Waals surface area (Å²) in [6.45, 7) is 1.88. The normalized spacial score (nSPS) is 12.1. The Hall–Kier alpha value is -1.82. The van der Waals surface area contributed by atoms with Crippen LogP contribution in [0, 0.1) is 4.77 Å². The van der Waals surface area contributed by atoms with Crippen LogP contribution >= 0.6 is 35.4 Å². The van der Waals surface area contributed by atoms with Gasteiger partial charge in [0.1, 0.15) is 5.75 Å². The Morgan fingerprint density at radius 2 is 1.91 bits per heavy atom. The second-order valence-electron chi connectivity index (χ2n) is 4.89. The molecule has 0 fully saturated rings. The monoisotopic (exact) mass is 365 g/mol. The maximum absolute atomic E-state index is 6.16. The van der Waals surface area contributed by atoms with E-state index in [-0.39, 0.29) is 6.10 Å². The summed E-state index contributed by atoms with van der Waals surface area (Å²) in [5.74, 6) is 1.20. The molecule has 0 radical (unpaired) electrons. The fraction of sp³-hybridized carbons (Fsp3) is 0.125. The summed E-state index contributed by atoms with van der Waals surface area (Å²) in [4.78, 5) is 0. The lowest BCUT2D eigenvalue weighted by Gasteiger charge is -2.16. The number of benzene rings is 2. The van der Waals surface area contributed by atoms with Gasteiger partial charge >= 0.3 is 0 Å². The van der Waals surface area contributed by atoms with Gasteiger partial charge in [0.25, 0.3) is 0 Å². The molecule has 1 aromatic heterocycles. The minimum absolute atomic E-state index is 0.359. The summed E-state index contributed by atoms with van der Waals surface area (Å²) in [6, 6.07) is 14.8. The molecule has 0 bridgehead atoms. The van der Waals surface area contributed by atoms with Crippen LogP contribution in [0.15, 0.2) is 48.5 Å². The minimum atomic E-state index is -0.359. The first kappa shape index (κ1) is 16.1. The smallest absolute Gasteiger partial charge is 0.199 e. The van der Waals surface area contributed by atoms with Crippen molar-refractivity contribution in [3.05, 3.63) is 69.2 Å². The van der Waals surface area contributed by atoms with Crippen molar-refractivity contribution < 1.29 is 4.74 Å². The van der Waals surface area contributed by atoms with Gasteiger partial charge in [-0.05, 0) is 49.5 Å². The zero-order valence-corrected chi connectivity index (χ0v) is 14.5. The largest absolute Gasteiger partial charge is 0.481 e. The van der Waals surface area contributed by atoms with Gasteiger partial charge < -0.3 is 4.74 Å². The van der Waals surface area contributed by atoms with Crippen LogP contribution in [0.25, 0.3) is 5.69 Å². The summed E-state index contributed by atoms with van der Waals surface area (Å²) in [5.41, 5.74) is 0.916. The Bertz CT molecular complexity index is 877. The van der Waals surface area contributed by atoms with Gasteiger partial charge in [-0.3, -0.25) is 9.67 Å². The number of nitrogens with zero attached hydrogens (tertiary/aromatic N) is 2. The maximum Gasteiger partial charge on any atom is 0.199 e. The molecular formula is C16H13Cl2N3OS. The van der Waals surface area contributed by atoms with Gasteiger partial charge in [-0.25, -0.2) is 0 Å². The number of aromatic nitrogens is 3. The highest BCUT2D eigenvalue weighted by molar-refractivity contribution is 7.71. The Morgan fingerprint density at radius 3 is 2.61 bits per heavy atom. The predicted molar refractivity (Wildman–Crippen MR) is 94.3 cm³/mol. The maximum atomic E-state index is 6.16. The Kier molecular flexibility index (Phi) is 4.71. The third-order valence-electron chi connectivity index (χ3n) is 3.27. The van der Waals surface area contributed by atoms with E-state index in [0.717, 1.165) is 5.69 Å². The van der Waals surface area contributed by atoms with E-state index in [2.05, 4.69) is 10.2 Å². The van der Waals surface area contributed by atoms with E-state index in [1.807, 2.05) is 41.8 Å². The van der Waals surface area contributed by atoms with Crippen molar-refractivity contribution in [2.45, 2.75) is 13.0 Å². The Labute approximate surface area is 148 Å². The molecule has 2 aromatic carbocycles. The molecule has 4 nitrogen and oxygen atoms in total. The number of H-pyrrole nitrogens is 1. The van der Waals surface area contributed by atoms with Crippen molar-refractivity contribution in [1.29, 1.82) is 0 Å². The number of hydrogen-bond acceptors (Lipinski definition) is 3. The van der Waals surface area contributed by atoms with E-state index in [9.17, 15) is 0 Å². The van der Waals surface area contributed by atoms with E-state index in [1.165, 1.54) is 0 Å². The molecule has 1 N–H and O–H groups in total. The molecule has 0 spiro atoms. The van der Waals surface area contributed by atoms with Crippen LogP contribution < -0.4 is 4.74 Å². The van der Waals surface area contributed by atoms with E-state index >= 15 is 0 Å². The summed E-state index contributed by atoms with van der Waals surface area (Å²) in [6.07, 6.45) is -0.359. The molecule has 7 heteroatoms. The van der Waals surface area contributed by atoms with Crippen molar-refractivity contribution >= 4 is 35.4 Å². The second-order valence-corrected chi connectivity index (χ2v) is 6.12. The standard InChI is InChI=1S/C16H13Cl2N3OS/c1-10(22-14-8-7-11(17)9-13(14)18)15-19-20-16(23)21(15)12-5-3-2-4-6-12/h2-10H,1H3,(H,20,23)/t10-/m1/s1. The lowest BCUT2D eigenvalue weighted by atomic mass is 10.3. The van der Waals surface area contributed by atoms with Crippen LogP contribution in [0.5, 0.6) is 5.75 Å². The Morgan fingerprint density at radius 1 is 1.17 bits per heavy atom. The van der Waals surface area contributed by atoms with Crippen molar-refractivity contribution in [3.63, 3.8) is 0 Å². The van der Waals surface area contributed by atoms with Gasteiger partial charge in [0.2, 0.25) is 0 Å². The van der Waals surface area contributed by atoms with Crippen LogP contribution in [-0.2, 0) is 0 Å². The van der Waals surface area contributed by atoms with Crippen molar-refractivity contribution in [1.82, 2.24) is 14.8 Å². The first-order valence-electron chi connectivity index (χ1n) is 6.90. The molecule has 0 saturated carbocycles. The summed E-state index contributed by atoms with van der Waals surface area (Å²) < 4.78 is 8.26. The number of aromatic amines is 1. The van der Waals surface area contributed by atoms with Gasteiger partial charge in [-0.15, -0.1) is 0 Å². The van der Waals surface area contributed by atoms with Gasteiger partial charge in [0.05, 0.1) is 5.02 Å². The fourth-order valence-corrected chi connectivity index (χ4v) is 2.92. The summed E-state index contributed by atoms with van der Waals surface area (Å²) in [5, 5.41) is 8.10. The highest BCUT2D eigenvalue weighted by atomic mass is 35.5. The fourth-order valence-electron chi connectivity index (χ4n) is 2.22. The van der Waals surface area contributed by atoms with Gasteiger partial charge in [0, 0.05) is 10.7 Å². The molecule has 0 unspecified atom stereocenters. The molecule has 23 heavy (non-hydrogen) atoms. The first-order chi connectivity index (χ1) is 11.1. The molecule has 0 aliphatic carbocycles. The van der Waals surface area contributed by atoms with Gasteiger partial charge in [0.15, 0.2) is 16.7 Å². The van der Waals surface area contributed by atoms with Crippen LogP contribution in [0.2, 0.25) is 10.0 Å². The number of nitrogens with one attached hydrogen (secondary N) is 1. The quantitative estimate of drug-likeness (QED) is 0.631. The number of ether oxygens (including phenoxy) is 1. The molecule has 118 valence electrons. The Balaban J connectivity index is 1.95. The van der Waals surface area contributed by atoms with E-state index in [1.54, 1.807) is 18.2 Å². The summed E-state index contributed by atoms with van der Waals surface area (Å²) >= 11 is 17.4. The SMILES string of the molecule is C[C@@H](Oc1ccc(Cl)cc1Cl)c1n[nH]c(=S)n1-c1ccccc1. The first-order valence-corrected chi connectivity index (χ1v) is 8.07. The van der Waals surface area contributed by atoms with Crippen molar-refractivity contribution in [2.24, 2.45) is 0 Å². The van der Waals surface area contributed by atoms with Crippen LogP contribution in [0.4, 0.5) is 0 Å². The topological polar surface area (TPSA) is 42.8 Å². The number of rotatable bonds is 4. The number of hydrogen-bond donors (Lipinski definition) is 1. The average Bonchev–Trinajstić information content (AvgIpc) is 2.92. The number of halogens is 2. The molecule has 0 amide bonds. The molecule has 1 heterocycles. The van der Waals surface area contributed by atoms with Crippen molar-refractivity contribution in [3.8, 4) is 11.4 Å².